The number of nitrogens with one attached hydrogen (secondary N) is 1. The summed E-state index contributed by atoms with van der Waals surface area (Å²) in [5.74, 6) is 0. The predicted octanol–water partition coefficient (Wildman–Crippen LogP) is 1.75. The molecule has 2 rings (SSSR count). The molecule has 0 aliphatic carbocycles. The Bertz CT molecular complexity index is 258. The predicted molar refractivity (Wildman–Crippen MR) is 66.7 cm³/mol. The minimum atomic E-state index is 0. The summed E-state index contributed by atoms with van der Waals surface area (Å²) in [7, 11) is 2.06. The fraction of sp³-hybridized carbons (Fsp3) is 0.700. The van der Waals surface area contributed by atoms with Crippen molar-refractivity contribution < 1.29 is 0 Å². The molecule has 0 bridgehead atoms. The number of rotatable bonds is 3. The van der Waals surface area contributed by atoms with Crippen LogP contribution < -0.4 is 5.32 Å². The lowest BCUT2D eigenvalue weighted by molar-refractivity contribution is 0.193. The Morgan fingerprint density at radius 3 is 2.80 bits per heavy atom. The van der Waals surface area contributed by atoms with Crippen LogP contribution in [0.25, 0.3) is 0 Å². The van der Waals surface area contributed by atoms with Gasteiger partial charge < -0.3 is 5.32 Å². The van der Waals surface area contributed by atoms with Crippen LogP contribution in [0.4, 0.5) is 0 Å². The van der Waals surface area contributed by atoms with Crippen LogP contribution >= 0.6 is 23.7 Å². The van der Waals surface area contributed by atoms with Crippen molar-refractivity contribution >= 4 is 23.7 Å². The molecule has 1 saturated heterocycles. The summed E-state index contributed by atoms with van der Waals surface area (Å²) in [4.78, 5) is 6.80. The molecule has 0 spiro atoms. The summed E-state index contributed by atoms with van der Waals surface area (Å²) in [6.07, 6.45) is 2.53. The van der Waals surface area contributed by atoms with Gasteiger partial charge in [0.15, 0.2) is 0 Å². The topological polar surface area (TPSA) is 28.2 Å². The van der Waals surface area contributed by atoms with Crippen molar-refractivity contribution in [3.8, 4) is 0 Å². The lowest BCUT2D eigenvalue weighted by Gasteiger charge is -2.31. The highest BCUT2D eigenvalue weighted by Crippen LogP contribution is 2.13. The molecule has 1 aliphatic rings. The first kappa shape index (κ1) is 12.9. The minimum Gasteiger partial charge on any atom is -0.317 e. The summed E-state index contributed by atoms with van der Waals surface area (Å²) < 4.78 is 0. The third kappa shape index (κ3) is 3.72. The molecule has 15 heavy (non-hydrogen) atoms. The highest BCUT2D eigenvalue weighted by Gasteiger charge is 2.17. The fourth-order valence-electron chi connectivity index (χ4n) is 1.92. The number of hydrogen-bond acceptors (Lipinski definition) is 4. The number of likely N-dealkylation sites (tertiary alicyclic amines) is 1. The van der Waals surface area contributed by atoms with Gasteiger partial charge in [0.1, 0.15) is 0 Å². The second kappa shape index (κ2) is 6.43. The van der Waals surface area contributed by atoms with Crippen LogP contribution in [0.5, 0.6) is 0 Å². The third-order valence-electron chi connectivity index (χ3n) is 2.86. The molecule has 1 aromatic rings. The number of aromatic nitrogens is 1. The van der Waals surface area contributed by atoms with Gasteiger partial charge in [-0.3, -0.25) is 4.90 Å². The van der Waals surface area contributed by atoms with Crippen LogP contribution in [0.15, 0.2) is 10.9 Å². The molecule has 0 amide bonds. The van der Waals surface area contributed by atoms with E-state index in [1.54, 1.807) is 11.3 Å². The average Bonchev–Trinajstić information content (AvgIpc) is 2.72. The number of hydrogen-bond donors (Lipinski definition) is 1. The molecule has 0 unspecified atom stereocenters. The van der Waals surface area contributed by atoms with Crippen molar-refractivity contribution in [2.45, 2.75) is 25.4 Å². The van der Waals surface area contributed by atoms with Gasteiger partial charge in [-0.15, -0.1) is 23.7 Å². The zero-order valence-corrected chi connectivity index (χ0v) is 10.6. The maximum absolute atomic E-state index is 4.31. The van der Waals surface area contributed by atoms with E-state index in [2.05, 4.69) is 27.6 Å². The van der Waals surface area contributed by atoms with Gasteiger partial charge in [-0.2, -0.15) is 0 Å². The first-order valence-corrected chi connectivity index (χ1v) is 6.09. The van der Waals surface area contributed by atoms with Gasteiger partial charge in [-0.25, -0.2) is 4.98 Å². The molecule has 2 heterocycles. The van der Waals surface area contributed by atoms with Gasteiger partial charge in [0.05, 0.1) is 11.2 Å². The molecule has 0 aromatic carbocycles. The largest absolute Gasteiger partial charge is 0.317 e. The van der Waals surface area contributed by atoms with Gasteiger partial charge in [-0.1, -0.05) is 0 Å². The molecule has 86 valence electrons. The number of thiazole rings is 1. The van der Waals surface area contributed by atoms with E-state index in [0.717, 1.165) is 12.6 Å². The lowest BCUT2D eigenvalue weighted by atomic mass is 10.1. The molecule has 3 nitrogen and oxygen atoms in total. The first-order valence-electron chi connectivity index (χ1n) is 5.15. The van der Waals surface area contributed by atoms with Crippen LogP contribution in [0, 0.1) is 0 Å². The Balaban J connectivity index is 0.00000112. The SMILES string of the molecule is CNC1CCN(Cc2cscn2)CC1.Cl. The van der Waals surface area contributed by atoms with E-state index in [-0.39, 0.29) is 12.4 Å². The fourth-order valence-corrected chi connectivity index (χ4v) is 2.47. The summed E-state index contributed by atoms with van der Waals surface area (Å²) in [6.45, 7) is 3.42. The maximum Gasteiger partial charge on any atom is 0.0795 e. The Morgan fingerprint density at radius 2 is 2.27 bits per heavy atom. The quantitative estimate of drug-likeness (QED) is 0.882. The van der Waals surface area contributed by atoms with Crippen molar-refractivity contribution in [3.63, 3.8) is 0 Å². The Labute approximate surface area is 101 Å². The maximum atomic E-state index is 4.31. The van der Waals surface area contributed by atoms with E-state index >= 15 is 0 Å². The molecule has 0 saturated carbocycles. The molecule has 1 aliphatic heterocycles. The van der Waals surface area contributed by atoms with Crippen molar-refractivity contribution in [2.24, 2.45) is 0 Å². The second-order valence-electron chi connectivity index (χ2n) is 3.82. The summed E-state index contributed by atoms with van der Waals surface area (Å²) in [5.41, 5.74) is 3.13. The monoisotopic (exact) mass is 247 g/mol. The van der Waals surface area contributed by atoms with Crippen LogP contribution in [0.1, 0.15) is 18.5 Å². The van der Waals surface area contributed by atoms with Crippen LogP contribution in [-0.4, -0.2) is 36.1 Å². The summed E-state index contributed by atoms with van der Waals surface area (Å²) >= 11 is 1.68. The van der Waals surface area contributed by atoms with Crippen LogP contribution in [0.3, 0.4) is 0 Å². The number of nitrogens with zero attached hydrogens (tertiary/aromatic N) is 2. The Kier molecular flexibility index (Phi) is 5.53. The molecule has 0 atom stereocenters. The average molecular weight is 248 g/mol. The van der Waals surface area contributed by atoms with Crippen molar-refractivity contribution in [1.82, 2.24) is 15.2 Å². The van der Waals surface area contributed by atoms with Crippen molar-refractivity contribution in [1.29, 1.82) is 0 Å². The zero-order chi connectivity index (χ0) is 9.80. The molecular formula is C10H18ClN3S. The normalized spacial score (nSPS) is 18.7. The van der Waals surface area contributed by atoms with E-state index in [1.165, 1.54) is 31.6 Å². The van der Waals surface area contributed by atoms with Crippen molar-refractivity contribution in [2.75, 3.05) is 20.1 Å². The van der Waals surface area contributed by atoms with Gasteiger partial charge in [0, 0.05) is 31.1 Å². The van der Waals surface area contributed by atoms with Gasteiger partial charge in [0.25, 0.3) is 0 Å². The van der Waals surface area contributed by atoms with E-state index in [1.807, 2.05) is 5.51 Å². The Hall–Kier alpha value is -0.160. The molecule has 1 N–H and O–H groups in total. The zero-order valence-electron chi connectivity index (χ0n) is 8.98. The highest BCUT2D eigenvalue weighted by molar-refractivity contribution is 7.07. The first-order chi connectivity index (χ1) is 6.88. The van der Waals surface area contributed by atoms with E-state index < -0.39 is 0 Å². The minimum absolute atomic E-state index is 0. The van der Waals surface area contributed by atoms with Crippen LogP contribution in [-0.2, 0) is 6.54 Å². The van der Waals surface area contributed by atoms with E-state index in [9.17, 15) is 0 Å². The molecule has 1 fully saturated rings. The number of piperidine rings is 1. The van der Waals surface area contributed by atoms with E-state index in [0.29, 0.717) is 0 Å². The molecule has 1 aromatic heterocycles. The summed E-state index contributed by atoms with van der Waals surface area (Å²) in [6, 6.07) is 0.724. The lowest BCUT2D eigenvalue weighted by Crippen LogP contribution is -2.40. The molecule has 0 radical (unpaired) electrons. The van der Waals surface area contributed by atoms with Crippen molar-refractivity contribution in [3.05, 3.63) is 16.6 Å². The third-order valence-corrected chi connectivity index (χ3v) is 3.50. The van der Waals surface area contributed by atoms with Gasteiger partial charge in [-0.05, 0) is 19.9 Å². The second-order valence-corrected chi connectivity index (χ2v) is 4.54. The standard InChI is InChI=1S/C10H17N3S.ClH/c1-11-9-2-4-13(5-3-9)6-10-7-14-8-12-10;/h7-9,11H,2-6H2,1H3;1H. The highest BCUT2D eigenvalue weighted by atomic mass is 35.5. The summed E-state index contributed by atoms with van der Waals surface area (Å²) in [5, 5.41) is 5.49. The molecular weight excluding hydrogens is 230 g/mol. The van der Waals surface area contributed by atoms with Crippen LogP contribution in [0.2, 0.25) is 0 Å². The van der Waals surface area contributed by atoms with E-state index in [4.69, 9.17) is 0 Å². The number of halogens is 1. The van der Waals surface area contributed by atoms with Gasteiger partial charge >= 0.3 is 0 Å². The Morgan fingerprint density at radius 1 is 1.53 bits per heavy atom. The smallest absolute Gasteiger partial charge is 0.0795 e. The van der Waals surface area contributed by atoms with Gasteiger partial charge in [0.2, 0.25) is 0 Å². The molecule has 5 heteroatoms.